The molecule has 2 aromatic rings. The first kappa shape index (κ1) is 18.3. The summed E-state index contributed by atoms with van der Waals surface area (Å²) in [7, 11) is 0. The maximum Gasteiger partial charge on any atom is 0.306 e. The van der Waals surface area contributed by atoms with Crippen molar-refractivity contribution in [3.63, 3.8) is 0 Å². The fourth-order valence-electron chi connectivity index (χ4n) is 2.35. The Bertz CT molecular complexity index is 637. The number of benzene rings is 2. The summed E-state index contributed by atoms with van der Waals surface area (Å²) in [4.78, 5) is 10.9. The van der Waals surface area contributed by atoms with Crippen LogP contribution in [0.5, 0.6) is 5.75 Å². The van der Waals surface area contributed by atoms with Crippen LogP contribution in [0.2, 0.25) is 5.02 Å². The Balaban J connectivity index is 1.88. The molecule has 24 heavy (non-hydrogen) atoms. The van der Waals surface area contributed by atoms with Crippen molar-refractivity contribution in [1.29, 1.82) is 0 Å². The lowest BCUT2D eigenvalue weighted by molar-refractivity contribution is -0.140. The molecule has 4 nitrogen and oxygen atoms in total. The SMILES string of the molecule is CCO[C@H](CC(=O)O)c1ccc(OCCc2ccc(Cl)cc2)cc1. The number of hydrogen-bond acceptors (Lipinski definition) is 3. The minimum Gasteiger partial charge on any atom is -0.493 e. The van der Waals surface area contributed by atoms with Gasteiger partial charge < -0.3 is 14.6 Å². The highest BCUT2D eigenvalue weighted by molar-refractivity contribution is 6.30. The summed E-state index contributed by atoms with van der Waals surface area (Å²) in [5.41, 5.74) is 2.00. The standard InChI is InChI=1S/C19H21ClO4/c1-2-23-18(13-19(21)22)15-5-9-17(10-6-15)24-12-11-14-3-7-16(20)8-4-14/h3-10,18H,2,11-13H2,1H3,(H,21,22)/t18-/m1/s1. The molecule has 1 atom stereocenters. The second kappa shape index (κ2) is 9.30. The predicted molar refractivity (Wildman–Crippen MR) is 93.7 cm³/mol. The van der Waals surface area contributed by atoms with Gasteiger partial charge in [0.1, 0.15) is 5.75 Å². The lowest BCUT2D eigenvalue weighted by Crippen LogP contribution is -2.10. The van der Waals surface area contributed by atoms with Gasteiger partial charge in [-0.05, 0) is 42.3 Å². The maximum absolute atomic E-state index is 10.9. The second-order valence-electron chi connectivity index (χ2n) is 5.34. The highest BCUT2D eigenvalue weighted by Gasteiger charge is 2.15. The van der Waals surface area contributed by atoms with Gasteiger partial charge in [-0.2, -0.15) is 0 Å². The van der Waals surface area contributed by atoms with Crippen molar-refractivity contribution in [3.8, 4) is 5.75 Å². The lowest BCUT2D eigenvalue weighted by atomic mass is 10.1. The first-order valence-electron chi connectivity index (χ1n) is 7.89. The first-order valence-corrected chi connectivity index (χ1v) is 8.27. The monoisotopic (exact) mass is 348 g/mol. The van der Waals surface area contributed by atoms with Crippen molar-refractivity contribution in [3.05, 3.63) is 64.7 Å². The van der Waals surface area contributed by atoms with Crippen molar-refractivity contribution in [2.45, 2.75) is 25.9 Å². The number of carboxylic acids is 1. The number of carbonyl (C=O) groups is 1. The van der Waals surface area contributed by atoms with Crippen LogP contribution in [0.3, 0.4) is 0 Å². The van der Waals surface area contributed by atoms with E-state index in [-0.39, 0.29) is 6.42 Å². The van der Waals surface area contributed by atoms with E-state index in [9.17, 15) is 4.79 Å². The maximum atomic E-state index is 10.9. The molecule has 0 saturated heterocycles. The van der Waals surface area contributed by atoms with Gasteiger partial charge in [0.25, 0.3) is 0 Å². The molecule has 0 radical (unpaired) electrons. The van der Waals surface area contributed by atoms with Gasteiger partial charge in [0, 0.05) is 18.1 Å². The summed E-state index contributed by atoms with van der Waals surface area (Å²) in [6.45, 7) is 2.88. The van der Waals surface area contributed by atoms with Crippen molar-refractivity contribution in [2.75, 3.05) is 13.2 Å². The lowest BCUT2D eigenvalue weighted by Gasteiger charge is -2.16. The molecule has 2 aromatic carbocycles. The number of carboxylic acid groups (broad SMARTS) is 1. The van der Waals surface area contributed by atoms with E-state index in [1.54, 1.807) is 0 Å². The smallest absolute Gasteiger partial charge is 0.306 e. The number of hydrogen-bond donors (Lipinski definition) is 1. The molecule has 0 heterocycles. The number of halogens is 1. The van der Waals surface area contributed by atoms with Crippen LogP contribution in [0.15, 0.2) is 48.5 Å². The fourth-order valence-corrected chi connectivity index (χ4v) is 2.48. The zero-order valence-corrected chi connectivity index (χ0v) is 14.3. The van der Waals surface area contributed by atoms with E-state index in [0.29, 0.717) is 13.2 Å². The minimum atomic E-state index is -0.878. The molecule has 0 aromatic heterocycles. The Kier molecular flexibility index (Phi) is 7.09. The van der Waals surface area contributed by atoms with Crippen LogP contribution < -0.4 is 4.74 Å². The number of ether oxygens (including phenoxy) is 2. The van der Waals surface area contributed by atoms with Crippen molar-refractivity contribution >= 4 is 17.6 Å². The molecule has 0 bridgehead atoms. The van der Waals surface area contributed by atoms with E-state index in [2.05, 4.69) is 0 Å². The van der Waals surface area contributed by atoms with E-state index in [1.165, 1.54) is 0 Å². The normalized spacial score (nSPS) is 11.9. The third-order valence-electron chi connectivity index (χ3n) is 3.55. The molecule has 0 aliphatic carbocycles. The summed E-state index contributed by atoms with van der Waals surface area (Å²) in [5, 5.41) is 9.68. The van der Waals surface area contributed by atoms with Crippen molar-refractivity contribution < 1.29 is 19.4 Å². The van der Waals surface area contributed by atoms with Crippen LogP contribution in [-0.2, 0) is 16.0 Å². The van der Waals surface area contributed by atoms with Gasteiger partial charge in [0.15, 0.2) is 0 Å². The largest absolute Gasteiger partial charge is 0.493 e. The van der Waals surface area contributed by atoms with Gasteiger partial charge in [-0.15, -0.1) is 0 Å². The molecule has 0 spiro atoms. The number of rotatable bonds is 9. The zero-order chi connectivity index (χ0) is 17.4. The van der Waals surface area contributed by atoms with Crippen LogP contribution >= 0.6 is 11.6 Å². The van der Waals surface area contributed by atoms with E-state index in [4.69, 9.17) is 26.2 Å². The summed E-state index contributed by atoms with van der Waals surface area (Å²) in [5.74, 6) is -0.130. The molecule has 5 heteroatoms. The van der Waals surface area contributed by atoms with Gasteiger partial charge in [-0.25, -0.2) is 0 Å². The highest BCUT2D eigenvalue weighted by atomic mass is 35.5. The van der Waals surface area contributed by atoms with Gasteiger partial charge in [0.2, 0.25) is 0 Å². The van der Waals surface area contributed by atoms with Crippen LogP contribution in [0, 0.1) is 0 Å². The van der Waals surface area contributed by atoms with Crippen LogP contribution in [0.1, 0.15) is 30.6 Å². The summed E-state index contributed by atoms with van der Waals surface area (Å²) in [6, 6.07) is 15.1. The average Bonchev–Trinajstić information content (AvgIpc) is 2.57. The Hall–Kier alpha value is -2.04. The molecule has 128 valence electrons. The van der Waals surface area contributed by atoms with Crippen molar-refractivity contribution in [1.82, 2.24) is 0 Å². The van der Waals surface area contributed by atoms with Crippen LogP contribution in [0.4, 0.5) is 0 Å². The van der Waals surface area contributed by atoms with Gasteiger partial charge in [0.05, 0.1) is 19.1 Å². The van der Waals surface area contributed by atoms with E-state index >= 15 is 0 Å². The molecule has 0 aliphatic heterocycles. The zero-order valence-electron chi connectivity index (χ0n) is 13.6. The first-order chi connectivity index (χ1) is 11.6. The molecular formula is C19H21ClO4. The predicted octanol–water partition coefficient (Wildman–Crippen LogP) is 4.51. The Morgan fingerprint density at radius 3 is 2.38 bits per heavy atom. The van der Waals surface area contributed by atoms with Crippen LogP contribution in [0.25, 0.3) is 0 Å². The third kappa shape index (κ3) is 5.87. The topological polar surface area (TPSA) is 55.8 Å². The summed E-state index contributed by atoms with van der Waals surface area (Å²) >= 11 is 5.86. The Morgan fingerprint density at radius 1 is 1.12 bits per heavy atom. The summed E-state index contributed by atoms with van der Waals surface area (Å²) < 4.78 is 11.2. The molecular weight excluding hydrogens is 328 g/mol. The molecule has 0 unspecified atom stereocenters. The van der Waals surface area contributed by atoms with Gasteiger partial charge in [-0.3, -0.25) is 4.79 Å². The van der Waals surface area contributed by atoms with Crippen molar-refractivity contribution in [2.24, 2.45) is 0 Å². The van der Waals surface area contributed by atoms with E-state index in [0.717, 1.165) is 28.3 Å². The van der Waals surface area contributed by atoms with Gasteiger partial charge in [-0.1, -0.05) is 35.9 Å². The van der Waals surface area contributed by atoms with Gasteiger partial charge >= 0.3 is 5.97 Å². The number of aliphatic carboxylic acids is 1. The highest BCUT2D eigenvalue weighted by Crippen LogP contribution is 2.24. The summed E-state index contributed by atoms with van der Waals surface area (Å²) in [6.07, 6.45) is 0.306. The van der Waals surface area contributed by atoms with E-state index in [1.807, 2.05) is 55.5 Å². The molecule has 0 amide bonds. The molecule has 0 saturated carbocycles. The van der Waals surface area contributed by atoms with Crippen LogP contribution in [-0.4, -0.2) is 24.3 Å². The Labute approximate surface area is 147 Å². The second-order valence-corrected chi connectivity index (χ2v) is 5.77. The quantitative estimate of drug-likeness (QED) is 0.724. The fraction of sp³-hybridized carbons (Fsp3) is 0.316. The molecule has 2 rings (SSSR count). The van der Waals surface area contributed by atoms with E-state index < -0.39 is 12.1 Å². The Morgan fingerprint density at radius 2 is 1.79 bits per heavy atom. The minimum absolute atomic E-state index is 0.0510. The molecule has 0 fully saturated rings. The molecule has 1 N–H and O–H groups in total. The average molecular weight is 349 g/mol. The third-order valence-corrected chi connectivity index (χ3v) is 3.80. The molecule has 0 aliphatic rings.